The molecule has 0 atom stereocenters. The van der Waals surface area contributed by atoms with Gasteiger partial charge in [-0.25, -0.2) is 9.89 Å². The second-order valence-electron chi connectivity index (χ2n) is 2.76. The first-order valence-corrected chi connectivity index (χ1v) is 4.13. The van der Waals surface area contributed by atoms with Crippen molar-refractivity contribution in [3.63, 3.8) is 0 Å². The van der Waals surface area contributed by atoms with Crippen LogP contribution in [-0.4, -0.2) is 53.4 Å². The van der Waals surface area contributed by atoms with Crippen molar-refractivity contribution in [1.29, 1.82) is 0 Å². The number of aromatic amines is 2. The van der Waals surface area contributed by atoms with Crippen molar-refractivity contribution in [2.75, 3.05) is 33.4 Å². The maximum absolute atomic E-state index is 9.90. The molecule has 0 aromatic carbocycles. The fourth-order valence-corrected chi connectivity index (χ4v) is 0.869. The van der Waals surface area contributed by atoms with Crippen LogP contribution in [0, 0.1) is 0 Å². The van der Waals surface area contributed by atoms with E-state index in [1.54, 1.807) is 0 Å². The number of nitrogens with one attached hydrogen (secondary N) is 2. The van der Waals surface area contributed by atoms with E-state index in [0.717, 1.165) is 26.3 Å². The third kappa shape index (κ3) is 4.44. The molecule has 1 aliphatic heterocycles. The molecule has 1 aromatic rings. The summed E-state index contributed by atoms with van der Waals surface area (Å²) in [6.45, 7) is 4.02. The summed E-state index contributed by atoms with van der Waals surface area (Å²) < 4.78 is 5.10. The number of hydrogen-bond donors (Lipinski definition) is 2. The monoisotopic (exact) mass is 186 g/mol. The van der Waals surface area contributed by atoms with Crippen LogP contribution in [0.3, 0.4) is 0 Å². The van der Waals surface area contributed by atoms with Crippen LogP contribution in [0.5, 0.6) is 0 Å². The molecule has 2 heterocycles. The van der Waals surface area contributed by atoms with Gasteiger partial charge in [-0.2, -0.15) is 5.10 Å². The summed E-state index contributed by atoms with van der Waals surface area (Å²) in [5, 5.41) is 5.47. The van der Waals surface area contributed by atoms with Crippen molar-refractivity contribution in [2.24, 2.45) is 0 Å². The minimum absolute atomic E-state index is 0.269. The summed E-state index contributed by atoms with van der Waals surface area (Å²) in [7, 11) is 2.11. The number of nitrogens with zero attached hydrogens (tertiary/aromatic N) is 2. The summed E-state index contributed by atoms with van der Waals surface area (Å²) >= 11 is 0. The second kappa shape index (κ2) is 5.50. The fourth-order valence-electron chi connectivity index (χ4n) is 0.869. The van der Waals surface area contributed by atoms with Crippen LogP contribution in [0.4, 0.5) is 0 Å². The Hall–Kier alpha value is -1.14. The first-order chi connectivity index (χ1) is 6.29. The van der Waals surface area contributed by atoms with Crippen molar-refractivity contribution in [2.45, 2.75) is 0 Å². The van der Waals surface area contributed by atoms with E-state index in [9.17, 15) is 4.79 Å². The Labute approximate surface area is 75.9 Å². The minimum Gasteiger partial charge on any atom is -0.379 e. The summed E-state index contributed by atoms with van der Waals surface area (Å²) in [5.74, 6) is 0. The topological polar surface area (TPSA) is 74.0 Å². The molecule has 2 rings (SSSR count). The number of ether oxygens (including phenoxy) is 1. The quantitative estimate of drug-likeness (QED) is 0.547. The van der Waals surface area contributed by atoms with Crippen molar-refractivity contribution in [3.05, 3.63) is 16.8 Å². The van der Waals surface area contributed by atoms with Crippen LogP contribution in [0.15, 0.2) is 11.1 Å². The molecule has 1 aromatic heterocycles. The molecule has 0 saturated carbocycles. The minimum atomic E-state index is -0.269. The van der Waals surface area contributed by atoms with E-state index in [1.807, 2.05) is 0 Å². The van der Waals surface area contributed by atoms with Crippen molar-refractivity contribution < 1.29 is 4.74 Å². The lowest BCUT2D eigenvalue weighted by atomic mass is 10.5. The van der Waals surface area contributed by atoms with Gasteiger partial charge in [0.2, 0.25) is 0 Å². The highest BCUT2D eigenvalue weighted by atomic mass is 16.5. The Kier molecular flexibility index (Phi) is 4.20. The lowest BCUT2D eigenvalue weighted by Gasteiger charge is -2.21. The smallest absolute Gasteiger partial charge is 0.340 e. The highest BCUT2D eigenvalue weighted by Gasteiger charge is 2.02. The Morgan fingerprint density at radius 3 is 2.46 bits per heavy atom. The van der Waals surface area contributed by atoms with Gasteiger partial charge < -0.3 is 9.64 Å². The van der Waals surface area contributed by atoms with Crippen LogP contribution >= 0.6 is 0 Å². The van der Waals surface area contributed by atoms with Crippen molar-refractivity contribution in [1.82, 2.24) is 20.1 Å². The molecule has 0 radical (unpaired) electrons. The van der Waals surface area contributed by atoms with Gasteiger partial charge in [0.05, 0.1) is 13.2 Å². The SMILES string of the molecule is CN1CCOCC1.O=c1[nH]cn[nH]1. The van der Waals surface area contributed by atoms with Crippen molar-refractivity contribution >= 4 is 0 Å². The largest absolute Gasteiger partial charge is 0.379 e. The Balaban J connectivity index is 0.000000132. The van der Waals surface area contributed by atoms with Gasteiger partial charge >= 0.3 is 5.69 Å². The highest BCUT2D eigenvalue weighted by molar-refractivity contribution is 4.53. The molecule has 6 nitrogen and oxygen atoms in total. The maximum atomic E-state index is 9.90. The number of aromatic nitrogens is 3. The van der Waals surface area contributed by atoms with E-state index in [1.165, 1.54) is 6.33 Å². The number of H-pyrrole nitrogens is 2. The van der Waals surface area contributed by atoms with Gasteiger partial charge in [0.1, 0.15) is 6.33 Å². The van der Waals surface area contributed by atoms with Crippen LogP contribution in [0.1, 0.15) is 0 Å². The van der Waals surface area contributed by atoms with E-state index in [0.29, 0.717) is 0 Å². The predicted octanol–water partition coefficient (Wildman–Crippen LogP) is -0.954. The van der Waals surface area contributed by atoms with Crippen LogP contribution in [-0.2, 0) is 4.74 Å². The van der Waals surface area contributed by atoms with E-state index in [2.05, 4.69) is 27.1 Å². The first kappa shape index (κ1) is 9.94. The third-order valence-corrected chi connectivity index (χ3v) is 1.66. The van der Waals surface area contributed by atoms with E-state index in [4.69, 9.17) is 4.74 Å². The number of likely N-dealkylation sites (N-methyl/N-ethyl adjacent to an activating group) is 1. The zero-order valence-corrected chi connectivity index (χ0v) is 7.62. The summed E-state index contributed by atoms with van der Waals surface area (Å²) in [4.78, 5) is 14.4. The summed E-state index contributed by atoms with van der Waals surface area (Å²) in [6.07, 6.45) is 1.29. The van der Waals surface area contributed by atoms with Gasteiger partial charge in [-0.3, -0.25) is 4.98 Å². The first-order valence-electron chi connectivity index (χ1n) is 4.13. The molecule has 0 amide bonds. The van der Waals surface area contributed by atoms with E-state index < -0.39 is 0 Å². The lowest BCUT2D eigenvalue weighted by Crippen LogP contribution is -2.32. The molecular formula is C7H14N4O2. The number of morpholine rings is 1. The highest BCUT2D eigenvalue weighted by Crippen LogP contribution is 1.89. The summed E-state index contributed by atoms with van der Waals surface area (Å²) in [6, 6.07) is 0. The molecule has 0 unspecified atom stereocenters. The van der Waals surface area contributed by atoms with E-state index >= 15 is 0 Å². The van der Waals surface area contributed by atoms with Gasteiger partial charge in [-0.1, -0.05) is 0 Å². The average Bonchev–Trinajstić information content (AvgIpc) is 2.58. The maximum Gasteiger partial charge on any atom is 0.340 e. The van der Waals surface area contributed by atoms with Crippen molar-refractivity contribution in [3.8, 4) is 0 Å². The van der Waals surface area contributed by atoms with Crippen LogP contribution in [0.25, 0.3) is 0 Å². The fraction of sp³-hybridized carbons (Fsp3) is 0.714. The summed E-state index contributed by atoms with van der Waals surface area (Å²) in [5.41, 5.74) is -0.269. The molecule has 2 N–H and O–H groups in total. The molecular weight excluding hydrogens is 172 g/mol. The normalized spacial score (nSPS) is 17.6. The molecule has 0 aliphatic carbocycles. The zero-order valence-electron chi connectivity index (χ0n) is 7.62. The molecule has 13 heavy (non-hydrogen) atoms. The third-order valence-electron chi connectivity index (χ3n) is 1.66. The predicted molar refractivity (Wildman–Crippen MR) is 47.5 cm³/mol. The molecule has 74 valence electrons. The Morgan fingerprint density at radius 2 is 2.23 bits per heavy atom. The molecule has 1 fully saturated rings. The van der Waals surface area contributed by atoms with Gasteiger partial charge in [-0.15, -0.1) is 0 Å². The molecule has 0 spiro atoms. The van der Waals surface area contributed by atoms with E-state index in [-0.39, 0.29) is 5.69 Å². The van der Waals surface area contributed by atoms with Crippen LogP contribution in [0.2, 0.25) is 0 Å². The standard InChI is InChI=1S/C5H11NO.C2H3N3O/c1-6-2-4-7-5-3-6;6-2-3-1-4-5-2/h2-5H2,1H3;1H,(H2,3,4,5,6). The Morgan fingerprint density at radius 1 is 1.54 bits per heavy atom. The zero-order chi connectivity index (χ0) is 9.52. The molecule has 1 aliphatic rings. The van der Waals surface area contributed by atoms with Gasteiger partial charge in [-0.05, 0) is 7.05 Å². The van der Waals surface area contributed by atoms with Crippen LogP contribution < -0.4 is 5.69 Å². The second-order valence-corrected chi connectivity index (χ2v) is 2.76. The number of rotatable bonds is 0. The van der Waals surface area contributed by atoms with Gasteiger partial charge in [0, 0.05) is 13.1 Å². The molecule has 6 heteroatoms. The lowest BCUT2D eigenvalue weighted by molar-refractivity contribution is 0.0503. The molecule has 1 saturated heterocycles. The van der Waals surface area contributed by atoms with Gasteiger partial charge in [0.25, 0.3) is 0 Å². The Bertz CT molecular complexity index is 247. The molecule has 0 bridgehead atoms. The van der Waals surface area contributed by atoms with Gasteiger partial charge in [0.15, 0.2) is 0 Å². The average molecular weight is 186 g/mol. The number of hydrogen-bond acceptors (Lipinski definition) is 4.